The molecule has 1 amide bonds. The Hall–Kier alpha value is -2.24. The number of carbonyl (C=O) groups excluding carboxylic acids is 3. The van der Waals surface area contributed by atoms with E-state index in [0.717, 1.165) is 0 Å². The summed E-state index contributed by atoms with van der Waals surface area (Å²) in [4.78, 5) is 40.1. The average molecular weight is 233 g/mol. The largest absolute Gasteiger partial charge is 0.324 e. The molecule has 0 unspecified atom stereocenters. The summed E-state index contributed by atoms with van der Waals surface area (Å²) in [7, 11) is 0. The Morgan fingerprint density at radius 3 is 2.94 bits per heavy atom. The van der Waals surface area contributed by atoms with Gasteiger partial charge in [0.1, 0.15) is 5.78 Å². The van der Waals surface area contributed by atoms with Gasteiger partial charge >= 0.3 is 0 Å². The molecule has 17 heavy (non-hydrogen) atoms. The van der Waals surface area contributed by atoms with Crippen molar-refractivity contribution in [1.29, 1.82) is 0 Å². The van der Waals surface area contributed by atoms with Gasteiger partial charge in [-0.3, -0.25) is 19.7 Å². The summed E-state index contributed by atoms with van der Waals surface area (Å²) in [5.41, 5.74) is 1.32. The highest BCUT2D eigenvalue weighted by molar-refractivity contribution is 6.03. The van der Waals surface area contributed by atoms with Crippen molar-refractivity contribution in [2.45, 2.75) is 19.8 Å². The summed E-state index contributed by atoms with van der Waals surface area (Å²) < 4.78 is 0. The molecule has 1 aromatic heterocycles. The molecule has 0 aromatic carbocycles. The zero-order valence-electron chi connectivity index (χ0n) is 9.24. The van der Waals surface area contributed by atoms with Crippen molar-refractivity contribution in [3.8, 4) is 0 Å². The molecule has 1 aromatic rings. The van der Waals surface area contributed by atoms with Crippen molar-refractivity contribution in [1.82, 2.24) is 9.97 Å². The van der Waals surface area contributed by atoms with Crippen molar-refractivity contribution in [2.24, 2.45) is 0 Å². The van der Waals surface area contributed by atoms with Gasteiger partial charge in [0.05, 0.1) is 24.2 Å². The molecule has 0 spiro atoms. The van der Waals surface area contributed by atoms with Crippen molar-refractivity contribution in [2.75, 3.05) is 5.32 Å². The number of amides is 1. The summed E-state index contributed by atoms with van der Waals surface area (Å²) in [6.45, 7) is 1.34. The van der Waals surface area contributed by atoms with E-state index in [4.69, 9.17) is 0 Å². The molecule has 0 saturated heterocycles. The van der Waals surface area contributed by atoms with Crippen LogP contribution >= 0.6 is 0 Å². The van der Waals surface area contributed by atoms with Gasteiger partial charge in [-0.05, 0) is 19.1 Å². The molecule has 6 nitrogen and oxygen atoms in total. The maximum absolute atomic E-state index is 11.3. The van der Waals surface area contributed by atoms with Crippen LogP contribution in [0.15, 0.2) is 6.08 Å². The topological polar surface area (TPSA) is 91.9 Å². The molecule has 0 atom stereocenters. The number of aromatic amines is 1. The van der Waals surface area contributed by atoms with E-state index in [1.165, 1.54) is 13.0 Å². The number of ketones is 2. The van der Waals surface area contributed by atoms with Crippen LogP contribution in [-0.2, 0) is 20.8 Å². The molecule has 1 aliphatic carbocycles. The van der Waals surface area contributed by atoms with Crippen LogP contribution in [-0.4, -0.2) is 27.4 Å². The lowest BCUT2D eigenvalue weighted by molar-refractivity contribution is -0.124. The van der Waals surface area contributed by atoms with Gasteiger partial charge in [0.25, 0.3) is 0 Å². The number of fused-ring (bicyclic) bond motifs is 1. The van der Waals surface area contributed by atoms with Crippen LogP contribution in [0, 0.1) is 0 Å². The maximum Gasteiger partial charge on any atom is 0.234 e. The lowest BCUT2D eigenvalue weighted by Gasteiger charge is -1.99. The van der Waals surface area contributed by atoms with Crippen molar-refractivity contribution < 1.29 is 14.4 Å². The highest BCUT2D eigenvalue weighted by Crippen LogP contribution is 2.17. The fraction of sp³-hybridized carbons (Fsp3) is 0.273. The smallest absolute Gasteiger partial charge is 0.234 e. The molecule has 0 aliphatic heterocycles. The van der Waals surface area contributed by atoms with Gasteiger partial charge in [-0.1, -0.05) is 0 Å². The van der Waals surface area contributed by atoms with E-state index in [9.17, 15) is 14.4 Å². The second-order valence-corrected chi connectivity index (χ2v) is 3.85. The number of anilines is 1. The molecule has 0 fully saturated rings. The van der Waals surface area contributed by atoms with E-state index < -0.39 is 5.91 Å². The summed E-state index contributed by atoms with van der Waals surface area (Å²) in [6.07, 6.45) is 3.13. The van der Waals surface area contributed by atoms with E-state index in [1.807, 2.05) is 0 Å². The average Bonchev–Trinajstić information content (AvgIpc) is 2.57. The fourth-order valence-corrected chi connectivity index (χ4v) is 1.56. The molecular weight excluding hydrogens is 222 g/mol. The summed E-state index contributed by atoms with van der Waals surface area (Å²) in [5.74, 6) is -0.390. The molecule has 0 saturated carbocycles. The van der Waals surface area contributed by atoms with E-state index >= 15 is 0 Å². The van der Waals surface area contributed by atoms with Gasteiger partial charge in [-0.2, -0.15) is 0 Å². The normalized spacial score (nSPS) is 13.4. The third kappa shape index (κ3) is 2.66. The standard InChI is InChI=1S/C11H11N3O3/c1-6(15)4-10(17)14-11-12-8-3-2-7(16)5-9(8)13-11/h2-3H,4-5H2,1H3,(H2,12,13,14,17). The van der Waals surface area contributed by atoms with Crippen LogP contribution in [0.4, 0.5) is 5.95 Å². The van der Waals surface area contributed by atoms with Crippen molar-refractivity contribution >= 4 is 29.5 Å². The molecule has 0 bridgehead atoms. The van der Waals surface area contributed by atoms with Gasteiger partial charge in [0.2, 0.25) is 11.9 Å². The minimum atomic E-state index is -0.418. The van der Waals surface area contributed by atoms with Gasteiger partial charge in [-0.25, -0.2) is 4.98 Å². The molecule has 2 N–H and O–H groups in total. The molecule has 2 rings (SSSR count). The highest BCUT2D eigenvalue weighted by atomic mass is 16.2. The number of H-pyrrole nitrogens is 1. The van der Waals surface area contributed by atoms with Crippen molar-refractivity contribution in [3.63, 3.8) is 0 Å². The molecular formula is C11H11N3O3. The van der Waals surface area contributed by atoms with Crippen LogP contribution in [0.2, 0.25) is 0 Å². The predicted molar refractivity (Wildman–Crippen MR) is 60.3 cm³/mol. The summed E-state index contributed by atoms with van der Waals surface area (Å²) >= 11 is 0. The molecule has 0 radical (unpaired) electrons. The number of allylic oxidation sites excluding steroid dienone is 1. The Bertz CT molecular complexity index is 528. The third-order valence-corrected chi connectivity index (χ3v) is 2.26. The Morgan fingerprint density at radius 2 is 2.24 bits per heavy atom. The Morgan fingerprint density at radius 1 is 1.47 bits per heavy atom. The number of imidazole rings is 1. The second kappa shape index (κ2) is 4.32. The minimum Gasteiger partial charge on any atom is -0.324 e. The Labute approximate surface area is 97.1 Å². The van der Waals surface area contributed by atoms with Crippen LogP contribution in [0.5, 0.6) is 0 Å². The maximum atomic E-state index is 11.3. The summed E-state index contributed by atoms with van der Waals surface area (Å²) in [6, 6.07) is 0. The first-order valence-electron chi connectivity index (χ1n) is 5.13. The number of hydrogen-bond acceptors (Lipinski definition) is 4. The van der Waals surface area contributed by atoms with Gasteiger partial charge in [-0.15, -0.1) is 0 Å². The number of Topliss-reactive ketones (excluding diaryl/α,β-unsaturated/α-hetero) is 1. The van der Waals surface area contributed by atoms with E-state index in [2.05, 4.69) is 15.3 Å². The minimum absolute atomic E-state index is 0.0226. The Kier molecular flexibility index (Phi) is 2.86. The van der Waals surface area contributed by atoms with Crippen LogP contribution in [0.25, 0.3) is 6.08 Å². The van der Waals surface area contributed by atoms with Crippen molar-refractivity contribution in [3.05, 3.63) is 17.5 Å². The Balaban J connectivity index is 2.09. The number of nitrogens with one attached hydrogen (secondary N) is 2. The first-order chi connectivity index (χ1) is 8.04. The van der Waals surface area contributed by atoms with Gasteiger partial charge in [0.15, 0.2) is 5.78 Å². The van der Waals surface area contributed by atoms with Crippen LogP contribution < -0.4 is 5.32 Å². The number of rotatable bonds is 3. The van der Waals surface area contributed by atoms with Gasteiger partial charge < -0.3 is 4.98 Å². The lowest BCUT2D eigenvalue weighted by Crippen LogP contribution is -2.15. The third-order valence-electron chi connectivity index (χ3n) is 2.26. The van der Waals surface area contributed by atoms with E-state index in [-0.39, 0.29) is 30.4 Å². The molecule has 1 heterocycles. The molecule has 1 aliphatic rings. The molecule has 6 heteroatoms. The van der Waals surface area contributed by atoms with E-state index in [0.29, 0.717) is 11.4 Å². The quantitative estimate of drug-likeness (QED) is 0.742. The predicted octanol–water partition coefficient (Wildman–Crippen LogP) is 0.466. The fourth-order valence-electron chi connectivity index (χ4n) is 1.56. The van der Waals surface area contributed by atoms with Gasteiger partial charge in [0, 0.05) is 0 Å². The molecule has 88 valence electrons. The number of hydrogen-bond donors (Lipinski definition) is 2. The monoisotopic (exact) mass is 233 g/mol. The highest BCUT2D eigenvalue weighted by Gasteiger charge is 2.16. The number of nitrogens with zero attached hydrogens (tertiary/aromatic N) is 1. The summed E-state index contributed by atoms with van der Waals surface area (Å²) in [5, 5.41) is 2.47. The SMILES string of the molecule is CC(=O)CC(=O)Nc1nc2c([nH]1)C=CC(=O)C2. The lowest BCUT2D eigenvalue weighted by atomic mass is 10.1. The first-order valence-corrected chi connectivity index (χ1v) is 5.13. The zero-order chi connectivity index (χ0) is 12.4. The van der Waals surface area contributed by atoms with Crippen LogP contribution in [0.3, 0.4) is 0 Å². The second-order valence-electron chi connectivity index (χ2n) is 3.85. The number of aromatic nitrogens is 2. The number of carbonyl (C=O) groups is 3. The van der Waals surface area contributed by atoms with Crippen LogP contribution in [0.1, 0.15) is 24.7 Å². The van der Waals surface area contributed by atoms with E-state index in [1.54, 1.807) is 6.08 Å². The first kappa shape index (κ1) is 11.3. The zero-order valence-corrected chi connectivity index (χ0v) is 9.24.